The number of fused-ring (bicyclic) bond motifs is 1. The number of alkyl halides is 1. The molecule has 0 spiro atoms. The van der Waals surface area contributed by atoms with Gasteiger partial charge in [0.1, 0.15) is 0 Å². The maximum Gasteiger partial charge on any atom is 0.214 e. The molecule has 2 nitrogen and oxygen atoms in total. The molecule has 1 aromatic heterocycles. The van der Waals surface area contributed by atoms with Gasteiger partial charge in [-0.3, -0.25) is 0 Å². The van der Waals surface area contributed by atoms with Crippen LogP contribution in [0.15, 0.2) is 30.3 Å². The van der Waals surface area contributed by atoms with Gasteiger partial charge in [0, 0.05) is 17.3 Å². The van der Waals surface area contributed by atoms with Crippen molar-refractivity contribution in [1.82, 2.24) is 4.98 Å². The Morgan fingerprint density at radius 1 is 1.35 bits per heavy atom. The Kier molecular flexibility index (Phi) is 3.85. The molecule has 0 saturated carbocycles. The summed E-state index contributed by atoms with van der Waals surface area (Å²) in [4.78, 5) is 4.49. The average Bonchev–Trinajstić information content (AvgIpc) is 2.37. The van der Waals surface area contributed by atoms with E-state index in [4.69, 9.17) is 16.3 Å². The van der Waals surface area contributed by atoms with Gasteiger partial charge in [-0.15, -0.1) is 11.6 Å². The second kappa shape index (κ2) is 5.37. The van der Waals surface area contributed by atoms with Crippen molar-refractivity contribution in [2.24, 2.45) is 0 Å². The fourth-order valence-electron chi connectivity index (χ4n) is 1.68. The Morgan fingerprint density at radius 2 is 2.12 bits per heavy atom. The van der Waals surface area contributed by atoms with Gasteiger partial charge >= 0.3 is 0 Å². The molecule has 0 aliphatic carbocycles. The van der Waals surface area contributed by atoms with Crippen LogP contribution in [0.1, 0.15) is 25.8 Å². The molecule has 0 saturated heterocycles. The van der Waals surface area contributed by atoms with Gasteiger partial charge in [-0.2, -0.15) is 0 Å². The van der Waals surface area contributed by atoms with Crippen LogP contribution < -0.4 is 4.74 Å². The molecule has 2 rings (SSSR count). The summed E-state index contributed by atoms with van der Waals surface area (Å²) < 4.78 is 5.74. The molecular formula is C14H16ClNO. The minimum atomic E-state index is 0.173. The third-order valence-electron chi connectivity index (χ3n) is 2.82. The number of pyridine rings is 1. The van der Waals surface area contributed by atoms with E-state index >= 15 is 0 Å². The first-order chi connectivity index (χ1) is 8.24. The van der Waals surface area contributed by atoms with Crippen LogP contribution in [-0.2, 0) is 5.88 Å². The van der Waals surface area contributed by atoms with Gasteiger partial charge in [-0.05, 0) is 25.0 Å². The summed E-state index contributed by atoms with van der Waals surface area (Å²) in [6, 6.07) is 9.92. The van der Waals surface area contributed by atoms with Crippen LogP contribution >= 0.6 is 11.6 Å². The molecule has 90 valence electrons. The van der Waals surface area contributed by atoms with Crippen LogP contribution in [0.2, 0.25) is 0 Å². The molecule has 0 aliphatic rings. The number of para-hydroxylation sites is 1. The fourth-order valence-corrected chi connectivity index (χ4v) is 1.90. The smallest absolute Gasteiger partial charge is 0.214 e. The molecule has 0 amide bonds. The summed E-state index contributed by atoms with van der Waals surface area (Å²) in [5.41, 5.74) is 2.00. The molecule has 0 radical (unpaired) electrons. The van der Waals surface area contributed by atoms with E-state index in [0.717, 1.165) is 22.9 Å². The molecule has 1 aromatic carbocycles. The third-order valence-corrected chi connectivity index (χ3v) is 3.11. The molecule has 3 heteroatoms. The van der Waals surface area contributed by atoms with Gasteiger partial charge in [0.2, 0.25) is 5.88 Å². The normalized spacial score (nSPS) is 12.6. The molecule has 17 heavy (non-hydrogen) atoms. The minimum absolute atomic E-state index is 0.173. The van der Waals surface area contributed by atoms with Crippen molar-refractivity contribution in [3.63, 3.8) is 0 Å². The predicted molar refractivity (Wildman–Crippen MR) is 71.7 cm³/mol. The molecule has 1 atom stereocenters. The number of aromatic nitrogens is 1. The van der Waals surface area contributed by atoms with Crippen molar-refractivity contribution < 1.29 is 4.74 Å². The highest BCUT2D eigenvalue weighted by Gasteiger charge is 2.07. The highest BCUT2D eigenvalue weighted by molar-refractivity contribution is 6.18. The van der Waals surface area contributed by atoms with Gasteiger partial charge in [0.05, 0.1) is 11.6 Å². The molecule has 0 aliphatic heterocycles. The van der Waals surface area contributed by atoms with Crippen LogP contribution in [0, 0.1) is 0 Å². The molecular weight excluding hydrogens is 234 g/mol. The largest absolute Gasteiger partial charge is 0.475 e. The Labute approximate surface area is 107 Å². The lowest BCUT2D eigenvalue weighted by molar-refractivity contribution is 0.209. The zero-order valence-electron chi connectivity index (χ0n) is 10.1. The Balaban J connectivity index is 2.45. The zero-order valence-corrected chi connectivity index (χ0v) is 10.9. The lowest BCUT2D eigenvalue weighted by atomic mass is 10.1. The summed E-state index contributed by atoms with van der Waals surface area (Å²) in [6.45, 7) is 4.13. The van der Waals surface area contributed by atoms with E-state index in [9.17, 15) is 0 Å². The number of halogens is 1. The van der Waals surface area contributed by atoms with Crippen molar-refractivity contribution in [2.45, 2.75) is 32.3 Å². The van der Waals surface area contributed by atoms with Crippen LogP contribution in [0.25, 0.3) is 10.9 Å². The number of rotatable bonds is 4. The van der Waals surface area contributed by atoms with Crippen molar-refractivity contribution in [3.8, 4) is 5.88 Å². The Morgan fingerprint density at radius 3 is 2.82 bits per heavy atom. The topological polar surface area (TPSA) is 22.1 Å². The maximum absolute atomic E-state index is 5.96. The van der Waals surface area contributed by atoms with Crippen LogP contribution in [0.5, 0.6) is 5.88 Å². The van der Waals surface area contributed by atoms with E-state index in [1.54, 1.807) is 0 Å². The second-order valence-corrected chi connectivity index (χ2v) is 4.37. The van der Waals surface area contributed by atoms with E-state index in [1.807, 2.05) is 37.3 Å². The molecule has 0 fully saturated rings. The van der Waals surface area contributed by atoms with Crippen LogP contribution in [-0.4, -0.2) is 11.1 Å². The van der Waals surface area contributed by atoms with Gasteiger partial charge in [-0.1, -0.05) is 25.1 Å². The predicted octanol–water partition coefficient (Wildman–Crippen LogP) is 4.15. The Bertz CT molecular complexity index is 513. The van der Waals surface area contributed by atoms with Crippen LogP contribution in [0.3, 0.4) is 0 Å². The molecule has 1 heterocycles. The van der Waals surface area contributed by atoms with Crippen LogP contribution in [0.4, 0.5) is 0 Å². The first-order valence-corrected chi connectivity index (χ1v) is 6.39. The third kappa shape index (κ3) is 2.70. The average molecular weight is 250 g/mol. The van der Waals surface area contributed by atoms with E-state index < -0.39 is 0 Å². The molecule has 0 bridgehead atoms. The summed E-state index contributed by atoms with van der Waals surface area (Å²) >= 11 is 5.96. The lowest BCUT2D eigenvalue weighted by Crippen LogP contribution is -2.11. The minimum Gasteiger partial charge on any atom is -0.475 e. The lowest BCUT2D eigenvalue weighted by Gasteiger charge is -2.13. The molecule has 2 aromatic rings. The van der Waals surface area contributed by atoms with Gasteiger partial charge in [0.25, 0.3) is 0 Å². The SMILES string of the molecule is CCC(C)Oc1cc(CCl)c2ccccc2n1. The van der Waals surface area contributed by atoms with E-state index in [2.05, 4.69) is 11.9 Å². The van der Waals surface area contributed by atoms with E-state index in [-0.39, 0.29) is 6.10 Å². The standard InChI is InChI=1S/C14H16ClNO/c1-3-10(2)17-14-8-11(9-15)12-6-4-5-7-13(12)16-14/h4-8,10H,3,9H2,1-2H3. The maximum atomic E-state index is 5.96. The summed E-state index contributed by atoms with van der Waals surface area (Å²) in [5, 5.41) is 1.10. The summed E-state index contributed by atoms with van der Waals surface area (Å²) in [7, 11) is 0. The highest BCUT2D eigenvalue weighted by Crippen LogP contribution is 2.24. The first-order valence-electron chi connectivity index (χ1n) is 5.86. The van der Waals surface area contributed by atoms with Crippen molar-refractivity contribution in [2.75, 3.05) is 0 Å². The second-order valence-electron chi connectivity index (χ2n) is 4.11. The molecule has 0 N–H and O–H groups in total. The summed E-state index contributed by atoms with van der Waals surface area (Å²) in [5.74, 6) is 1.13. The number of nitrogens with zero attached hydrogens (tertiary/aromatic N) is 1. The zero-order chi connectivity index (χ0) is 12.3. The van der Waals surface area contributed by atoms with E-state index in [1.165, 1.54) is 0 Å². The number of ether oxygens (including phenoxy) is 1. The van der Waals surface area contributed by atoms with Crippen molar-refractivity contribution >= 4 is 22.5 Å². The molecule has 1 unspecified atom stereocenters. The van der Waals surface area contributed by atoms with E-state index in [0.29, 0.717) is 11.8 Å². The fraction of sp³-hybridized carbons (Fsp3) is 0.357. The number of hydrogen-bond donors (Lipinski definition) is 0. The summed E-state index contributed by atoms with van der Waals surface area (Å²) in [6.07, 6.45) is 1.14. The van der Waals surface area contributed by atoms with Gasteiger partial charge in [-0.25, -0.2) is 4.98 Å². The number of benzene rings is 1. The highest BCUT2D eigenvalue weighted by atomic mass is 35.5. The number of hydrogen-bond acceptors (Lipinski definition) is 2. The quantitative estimate of drug-likeness (QED) is 0.760. The van der Waals surface area contributed by atoms with Gasteiger partial charge in [0.15, 0.2) is 0 Å². The van der Waals surface area contributed by atoms with Crippen molar-refractivity contribution in [3.05, 3.63) is 35.9 Å². The first kappa shape index (κ1) is 12.2. The van der Waals surface area contributed by atoms with Crippen molar-refractivity contribution in [1.29, 1.82) is 0 Å². The monoisotopic (exact) mass is 249 g/mol. The van der Waals surface area contributed by atoms with Gasteiger partial charge < -0.3 is 4.74 Å². The Hall–Kier alpha value is -1.28.